The molecule has 0 bridgehead atoms. The summed E-state index contributed by atoms with van der Waals surface area (Å²) in [6.45, 7) is 7.45. The van der Waals surface area contributed by atoms with Crippen LogP contribution in [0.5, 0.6) is 11.5 Å². The van der Waals surface area contributed by atoms with Gasteiger partial charge in [0, 0.05) is 28.7 Å². The van der Waals surface area contributed by atoms with Crippen LogP contribution in [0, 0.1) is 5.92 Å². The molecule has 35 heavy (non-hydrogen) atoms. The topological polar surface area (TPSA) is 47.6 Å². The van der Waals surface area contributed by atoms with Crippen molar-refractivity contribution in [2.45, 2.75) is 39.2 Å². The van der Waals surface area contributed by atoms with E-state index in [0.717, 1.165) is 64.0 Å². The highest BCUT2D eigenvalue weighted by Crippen LogP contribution is 2.58. The van der Waals surface area contributed by atoms with Crippen LogP contribution in [0.1, 0.15) is 59.8 Å². The van der Waals surface area contributed by atoms with E-state index in [2.05, 4.69) is 68.6 Å². The zero-order valence-corrected chi connectivity index (χ0v) is 20.4. The highest BCUT2D eigenvalue weighted by Gasteiger charge is 2.54. The largest absolute Gasteiger partial charge is 0.456 e. The van der Waals surface area contributed by atoms with E-state index in [1.807, 2.05) is 30.3 Å². The second-order valence-electron chi connectivity index (χ2n) is 9.85. The van der Waals surface area contributed by atoms with Gasteiger partial charge in [0.2, 0.25) is 0 Å². The number of hydrogen-bond acceptors (Lipinski definition) is 4. The Kier molecular flexibility index (Phi) is 5.06. The van der Waals surface area contributed by atoms with Crippen LogP contribution in [0.25, 0.3) is 10.8 Å². The maximum absolute atomic E-state index is 13.3. The van der Waals surface area contributed by atoms with Gasteiger partial charge in [-0.1, -0.05) is 69.3 Å². The Hall–Kier alpha value is -3.79. The Morgan fingerprint density at radius 3 is 2.60 bits per heavy atom. The van der Waals surface area contributed by atoms with E-state index < -0.39 is 5.60 Å². The molecule has 2 aliphatic rings. The zero-order valence-electron chi connectivity index (χ0n) is 20.4. The summed E-state index contributed by atoms with van der Waals surface area (Å²) < 4.78 is 13.0. The van der Waals surface area contributed by atoms with E-state index >= 15 is 0 Å². The fraction of sp³-hybridized carbons (Fsp3) is 0.258. The number of rotatable bonds is 5. The van der Waals surface area contributed by atoms with Gasteiger partial charge in [-0.2, -0.15) is 0 Å². The first kappa shape index (κ1) is 21.7. The Morgan fingerprint density at radius 2 is 1.77 bits per heavy atom. The third-order valence-corrected chi connectivity index (χ3v) is 7.22. The van der Waals surface area contributed by atoms with Crippen LogP contribution in [-0.2, 0) is 16.8 Å². The second kappa shape index (κ2) is 8.16. The lowest BCUT2D eigenvalue weighted by Gasteiger charge is -2.38. The minimum atomic E-state index is -1.07. The highest BCUT2D eigenvalue weighted by molar-refractivity contribution is 6.03. The number of anilines is 1. The molecule has 0 saturated heterocycles. The lowest BCUT2D eigenvalue weighted by molar-refractivity contribution is 0.0229. The van der Waals surface area contributed by atoms with Gasteiger partial charge in [-0.15, -0.1) is 0 Å². The van der Waals surface area contributed by atoms with E-state index in [9.17, 15) is 4.79 Å². The molecule has 0 radical (unpaired) electrons. The standard InChI is InChI=1S/C31H29NO3/c1-4-20-12-14-24-27(18-20)34-26-15-13-21-8-7-11-25(32-17-16-19(2)3)28(21)29(26)31(24)23-10-6-5-9-22(23)30(33)35-31/h5-15,18-19,32H,4,16-17H2,1-3H3. The second-order valence-corrected chi connectivity index (χ2v) is 9.85. The molecule has 4 aromatic rings. The summed E-state index contributed by atoms with van der Waals surface area (Å²) in [7, 11) is 0. The van der Waals surface area contributed by atoms with Crippen molar-refractivity contribution < 1.29 is 14.3 Å². The SMILES string of the molecule is CCc1ccc2c(c1)Oc1ccc3cccc(NCCC(C)C)c3c1C21OC(=O)c2ccccc21. The minimum Gasteiger partial charge on any atom is -0.456 e. The number of nitrogens with one attached hydrogen (secondary N) is 1. The van der Waals surface area contributed by atoms with E-state index in [1.165, 1.54) is 5.56 Å². The van der Waals surface area contributed by atoms with Gasteiger partial charge in [-0.25, -0.2) is 4.79 Å². The molecule has 4 heteroatoms. The molecule has 1 N–H and O–H groups in total. The van der Waals surface area contributed by atoms with Crippen LogP contribution >= 0.6 is 0 Å². The predicted octanol–water partition coefficient (Wildman–Crippen LogP) is 7.43. The summed E-state index contributed by atoms with van der Waals surface area (Å²) in [4.78, 5) is 13.3. The van der Waals surface area contributed by atoms with Gasteiger partial charge in [-0.05, 0) is 54.0 Å². The van der Waals surface area contributed by atoms with Crippen LogP contribution in [0.2, 0.25) is 0 Å². The molecule has 1 atom stereocenters. The van der Waals surface area contributed by atoms with Crippen LogP contribution < -0.4 is 10.1 Å². The average Bonchev–Trinajstić information content (AvgIpc) is 3.16. The smallest absolute Gasteiger partial charge is 0.340 e. The zero-order chi connectivity index (χ0) is 24.2. The molecule has 2 aliphatic heterocycles. The number of benzene rings is 4. The molecule has 0 aliphatic carbocycles. The first-order valence-electron chi connectivity index (χ1n) is 12.5. The fourth-order valence-electron chi connectivity index (χ4n) is 5.46. The van der Waals surface area contributed by atoms with E-state index in [4.69, 9.17) is 9.47 Å². The van der Waals surface area contributed by atoms with E-state index in [1.54, 1.807) is 0 Å². The van der Waals surface area contributed by atoms with Gasteiger partial charge in [0.15, 0.2) is 5.60 Å². The van der Waals surface area contributed by atoms with Gasteiger partial charge in [0.05, 0.1) is 11.1 Å². The molecule has 0 amide bonds. The molecule has 6 rings (SSSR count). The average molecular weight is 464 g/mol. The van der Waals surface area contributed by atoms with Crippen molar-refractivity contribution in [1.29, 1.82) is 0 Å². The first-order valence-corrected chi connectivity index (χ1v) is 12.5. The summed E-state index contributed by atoms with van der Waals surface area (Å²) in [6, 6.07) is 24.4. The lowest BCUT2D eigenvalue weighted by Crippen LogP contribution is -2.33. The third-order valence-electron chi connectivity index (χ3n) is 7.22. The number of carbonyl (C=O) groups excluding carboxylic acids is 1. The molecule has 1 unspecified atom stereocenters. The number of hydrogen-bond donors (Lipinski definition) is 1. The summed E-state index contributed by atoms with van der Waals surface area (Å²) in [5, 5.41) is 5.77. The van der Waals surface area contributed by atoms with E-state index in [0.29, 0.717) is 11.5 Å². The van der Waals surface area contributed by atoms with Crippen molar-refractivity contribution >= 4 is 22.4 Å². The van der Waals surface area contributed by atoms with Crippen molar-refractivity contribution in [3.63, 3.8) is 0 Å². The van der Waals surface area contributed by atoms with Crippen molar-refractivity contribution in [3.05, 3.63) is 101 Å². The van der Waals surface area contributed by atoms with Crippen LogP contribution in [0.15, 0.2) is 72.8 Å². The molecule has 1 spiro atoms. The number of esters is 1. The molecule has 2 heterocycles. The molecule has 0 fully saturated rings. The molecular weight excluding hydrogens is 434 g/mol. The van der Waals surface area contributed by atoms with Gasteiger partial charge in [-0.3, -0.25) is 0 Å². The highest BCUT2D eigenvalue weighted by atomic mass is 16.6. The quantitative estimate of drug-likeness (QED) is 0.313. The first-order chi connectivity index (χ1) is 17.0. The lowest BCUT2D eigenvalue weighted by atomic mass is 9.75. The molecule has 4 aromatic carbocycles. The van der Waals surface area contributed by atoms with Crippen LogP contribution in [0.3, 0.4) is 0 Å². The van der Waals surface area contributed by atoms with Crippen LogP contribution in [-0.4, -0.2) is 12.5 Å². The fourth-order valence-corrected chi connectivity index (χ4v) is 5.46. The summed E-state index contributed by atoms with van der Waals surface area (Å²) >= 11 is 0. The number of ether oxygens (including phenoxy) is 2. The van der Waals surface area contributed by atoms with Gasteiger partial charge in [0.25, 0.3) is 0 Å². The normalized spacial score (nSPS) is 17.7. The summed E-state index contributed by atoms with van der Waals surface area (Å²) in [5.74, 6) is 1.76. The maximum atomic E-state index is 13.3. The minimum absolute atomic E-state index is 0.304. The number of fused-ring (bicyclic) bond motifs is 8. The van der Waals surface area contributed by atoms with Crippen molar-refractivity contribution in [3.8, 4) is 11.5 Å². The summed E-state index contributed by atoms with van der Waals surface area (Å²) in [5.41, 5.74) is 4.35. The van der Waals surface area contributed by atoms with Crippen molar-refractivity contribution in [2.24, 2.45) is 5.92 Å². The predicted molar refractivity (Wildman–Crippen MR) is 140 cm³/mol. The van der Waals surface area contributed by atoms with Crippen molar-refractivity contribution in [2.75, 3.05) is 11.9 Å². The van der Waals surface area contributed by atoms with Crippen molar-refractivity contribution in [1.82, 2.24) is 0 Å². The van der Waals surface area contributed by atoms with Gasteiger partial charge < -0.3 is 14.8 Å². The Labute approximate surface area is 205 Å². The van der Waals surface area contributed by atoms with Gasteiger partial charge >= 0.3 is 5.97 Å². The number of carbonyl (C=O) groups is 1. The number of aryl methyl sites for hydroxylation is 1. The molecule has 176 valence electrons. The Bertz CT molecular complexity index is 1470. The Morgan fingerprint density at radius 1 is 0.914 bits per heavy atom. The van der Waals surface area contributed by atoms with Crippen LogP contribution in [0.4, 0.5) is 5.69 Å². The molecular formula is C31H29NO3. The maximum Gasteiger partial charge on any atom is 0.340 e. The molecule has 0 saturated carbocycles. The monoisotopic (exact) mass is 463 g/mol. The third kappa shape index (κ3) is 3.23. The summed E-state index contributed by atoms with van der Waals surface area (Å²) in [6.07, 6.45) is 1.96. The molecule has 0 aromatic heterocycles. The van der Waals surface area contributed by atoms with Gasteiger partial charge in [0.1, 0.15) is 11.5 Å². The Balaban J connectivity index is 1.68. The molecule has 4 nitrogen and oxygen atoms in total. The van der Waals surface area contributed by atoms with E-state index in [-0.39, 0.29) is 5.97 Å².